The summed E-state index contributed by atoms with van der Waals surface area (Å²) in [5, 5.41) is 2.70. The maximum absolute atomic E-state index is 13.6. The molecule has 1 amide bonds. The molecule has 1 N–H and O–H groups in total. The van der Waals surface area contributed by atoms with Crippen molar-refractivity contribution in [2.45, 2.75) is 24.6 Å². The molecule has 1 atom stereocenters. The highest BCUT2D eigenvalue weighted by molar-refractivity contribution is 9.10. The van der Waals surface area contributed by atoms with Gasteiger partial charge in [-0.2, -0.15) is 0 Å². The first kappa shape index (κ1) is 14.6. The van der Waals surface area contributed by atoms with Crippen LogP contribution in [0, 0.1) is 5.82 Å². The number of carbonyl (C=O) groups excluding carboxylic acids is 1. The second-order valence-electron chi connectivity index (χ2n) is 3.70. The second-order valence-corrected chi connectivity index (χ2v) is 5.85. The van der Waals surface area contributed by atoms with Gasteiger partial charge in [0.1, 0.15) is 5.82 Å². The fraction of sp³-hybridized carbons (Fsp3) is 0.417. The van der Waals surface area contributed by atoms with Gasteiger partial charge in [0.05, 0.1) is 10.0 Å². The average molecular weight is 367 g/mol. The van der Waals surface area contributed by atoms with E-state index in [1.54, 1.807) is 12.1 Å². The number of benzene rings is 1. The average Bonchev–Trinajstić information content (AvgIpc) is 2.30. The highest BCUT2D eigenvalue weighted by atomic mass is 79.9. The summed E-state index contributed by atoms with van der Waals surface area (Å²) in [5.41, 5.74) is 0.0653. The topological polar surface area (TPSA) is 29.1 Å². The molecular formula is C12H14Br2FNO. The van der Waals surface area contributed by atoms with Crippen LogP contribution in [0.2, 0.25) is 0 Å². The van der Waals surface area contributed by atoms with Crippen LogP contribution in [-0.4, -0.2) is 17.3 Å². The molecular weight excluding hydrogens is 353 g/mol. The van der Waals surface area contributed by atoms with Crippen LogP contribution in [0.3, 0.4) is 0 Å². The molecule has 0 aliphatic carbocycles. The highest BCUT2D eigenvalue weighted by Crippen LogP contribution is 2.18. The largest absolute Gasteiger partial charge is 0.351 e. The molecule has 94 valence electrons. The third-order valence-electron chi connectivity index (χ3n) is 2.28. The molecule has 0 heterocycles. The smallest absolute Gasteiger partial charge is 0.254 e. The van der Waals surface area contributed by atoms with Crippen molar-refractivity contribution in [3.05, 3.63) is 34.1 Å². The summed E-state index contributed by atoms with van der Waals surface area (Å²) in [6.45, 7) is 2.57. The predicted octanol–water partition coefficient (Wildman–Crippen LogP) is 3.88. The molecule has 17 heavy (non-hydrogen) atoms. The minimum atomic E-state index is -0.522. The number of nitrogens with one attached hydrogen (secondary N) is 1. The first-order chi connectivity index (χ1) is 8.06. The number of rotatable bonds is 5. The molecule has 1 aromatic carbocycles. The first-order valence-corrected chi connectivity index (χ1v) is 7.13. The van der Waals surface area contributed by atoms with Gasteiger partial charge in [0.15, 0.2) is 0 Å². The van der Waals surface area contributed by atoms with Crippen molar-refractivity contribution < 1.29 is 9.18 Å². The Balaban J connectivity index is 2.61. The van der Waals surface area contributed by atoms with Crippen LogP contribution in [0.25, 0.3) is 0 Å². The zero-order valence-electron chi connectivity index (χ0n) is 9.47. The van der Waals surface area contributed by atoms with Gasteiger partial charge in [-0.3, -0.25) is 4.79 Å². The summed E-state index contributed by atoms with van der Waals surface area (Å²) in [4.78, 5) is 12.0. The van der Waals surface area contributed by atoms with Gasteiger partial charge >= 0.3 is 0 Å². The van der Waals surface area contributed by atoms with E-state index in [0.717, 1.165) is 12.8 Å². The van der Waals surface area contributed by atoms with E-state index in [1.807, 2.05) is 0 Å². The summed E-state index contributed by atoms with van der Waals surface area (Å²) in [5.74, 6) is -0.907. The number of alkyl halides is 1. The molecule has 5 heteroatoms. The Labute approximate surface area is 117 Å². The minimum absolute atomic E-state index is 0.0653. The van der Waals surface area contributed by atoms with E-state index in [9.17, 15) is 9.18 Å². The van der Waals surface area contributed by atoms with Crippen molar-refractivity contribution in [1.29, 1.82) is 0 Å². The predicted molar refractivity (Wildman–Crippen MR) is 74.1 cm³/mol. The van der Waals surface area contributed by atoms with E-state index >= 15 is 0 Å². The van der Waals surface area contributed by atoms with Crippen molar-refractivity contribution in [2.24, 2.45) is 0 Å². The number of amides is 1. The molecule has 2 nitrogen and oxygen atoms in total. The van der Waals surface area contributed by atoms with Gasteiger partial charge in [0.25, 0.3) is 5.91 Å². The minimum Gasteiger partial charge on any atom is -0.351 e. The zero-order valence-corrected chi connectivity index (χ0v) is 12.6. The van der Waals surface area contributed by atoms with Crippen molar-refractivity contribution >= 4 is 37.8 Å². The summed E-state index contributed by atoms with van der Waals surface area (Å²) < 4.78 is 13.9. The number of hydrogen-bond acceptors (Lipinski definition) is 1. The Morgan fingerprint density at radius 3 is 2.88 bits per heavy atom. The molecule has 0 aliphatic heterocycles. The Morgan fingerprint density at radius 2 is 2.24 bits per heavy atom. The Hall–Kier alpha value is -0.420. The zero-order chi connectivity index (χ0) is 12.8. The van der Waals surface area contributed by atoms with Crippen LogP contribution in [0.5, 0.6) is 0 Å². The fourth-order valence-corrected chi connectivity index (χ4v) is 2.38. The molecule has 0 radical (unpaired) electrons. The Kier molecular flexibility index (Phi) is 6.12. The number of carbonyl (C=O) groups is 1. The van der Waals surface area contributed by atoms with Gasteiger partial charge < -0.3 is 5.32 Å². The molecule has 0 saturated heterocycles. The van der Waals surface area contributed by atoms with E-state index in [-0.39, 0.29) is 16.3 Å². The molecule has 1 rings (SSSR count). The molecule has 1 unspecified atom stereocenters. The van der Waals surface area contributed by atoms with E-state index in [4.69, 9.17) is 0 Å². The lowest BCUT2D eigenvalue weighted by atomic mass is 10.2. The van der Waals surface area contributed by atoms with Crippen molar-refractivity contribution in [3.63, 3.8) is 0 Å². The number of hydrogen-bond donors (Lipinski definition) is 1. The fourth-order valence-electron chi connectivity index (χ4n) is 1.39. The van der Waals surface area contributed by atoms with Crippen LogP contribution in [0.4, 0.5) is 4.39 Å². The monoisotopic (exact) mass is 365 g/mol. The van der Waals surface area contributed by atoms with Crippen molar-refractivity contribution in [1.82, 2.24) is 5.32 Å². The van der Waals surface area contributed by atoms with E-state index in [2.05, 4.69) is 44.1 Å². The standard InChI is InChI=1S/C12H14Br2FNO/c1-2-4-8(13)7-16-12(17)9-5-3-6-10(14)11(9)15/h3,5-6,8H,2,4,7H2,1H3,(H,16,17). The molecule has 0 spiro atoms. The summed E-state index contributed by atoms with van der Waals surface area (Å²) in [6, 6.07) is 4.68. The van der Waals surface area contributed by atoms with Gasteiger partial charge in [-0.1, -0.05) is 35.3 Å². The highest BCUT2D eigenvalue weighted by Gasteiger charge is 2.14. The molecule has 1 aromatic rings. The van der Waals surface area contributed by atoms with Crippen LogP contribution in [0.15, 0.2) is 22.7 Å². The molecule has 0 fully saturated rings. The molecule has 0 aromatic heterocycles. The quantitative estimate of drug-likeness (QED) is 0.787. The lowest BCUT2D eigenvalue weighted by molar-refractivity contribution is 0.0949. The van der Waals surface area contributed by atoms with Crippen molar-refractivity contribution in [3.8, 4) is 0 Å². The van der Waals surface area contributed by atoms with Gasteiger partial charge in [0.2, 0.25) is 0 Å². The first-order valence-electron chi connectivity index (χ1n) is 5.42. The molecule has 0 aliphatic rings. The molecule has 0 bridgehead atoms. The van der Waals surface area contributed by atoms with Crippen LogP contribution in [-0.2, 0) is 0 Å². The van der Waals surface area contributed by atoms with E-state index in [1.165, 1.54) is 6.07 Å². The van der Waals surface area contributed by atoms with Crippen molar-refractivity contribution in [2.75, 3.05) is 6.54 Å². The van der Waals surface area contributed by atoms with Crippen LogP contribution in [0.1, 0.15) is 30.1 Å². The summed E-state index contributed by atoms with van der Waals surface area (Å²) in [7, 11) is 0. The normalized spacial score (nSPS) is 12.2. The molecule has 0 saturated carbocycles. The van der Waals surface area contributed by atoms with Gasteiger partial charge in [-0.15, -0.1) is 0 Å². The Bertz CT molecular complexity index is 398. The number of halogens is 3. The summed E-state index contributed by atoms with van der Waals surface area (Å²) >= 11 is 6.51. The van der Waals surface area contributed by atoms with Gasteiger partial charge in [-0.25, -0.2) is 4.39 Å². The van der Waals surface area contributed by atoms with Gasteiger partial charge in [0, 0.05) is 11.4 Å². The lowest BCUT2D eigenvalue weighted by Crippen LogP contribution is -2.30. The van der Waals surface area contributed by atoms with E-state index < -0.39 is 5.82 Å². The van der Waals surface area contributed by atoms with Gasteiger partial charge in [-0.05, 0) is 34.5 Å². The SMILES string of the molecule is CCCC(Br)CNC(=O)c1cccc(Br)c1F. The van der Waals surface area contributed by atoms with Crippen LogP contribution >= 0.6 is 31.9 Å². The maximum Gasteiger partial charge on any atom is 0.254 e. The lowest BCUT2D eigenvalue weighted by Gasteiger charge is -2.10. The third kappa shape index (κ3) is 4.39. The third-order valence-corrected chi connectivity index (χ3v) is 3.68. The Morgan fingerprint density at radius 1 is 1.53 bits per heavy atom. The van der Waals surface area contributed by atoms with E-state index in [0.29, 0.717) is 11.0 Å². The second kappa shape index (κ2) is 7.11. The maximum atomic E-state index is 13.6. The van der Waals surface area contributed by atoms with Crippen LogP contribution < -0.4 is 5.32 Å². The summed E-state index contributed by atoms with van der Waals surface area (Å²) in [6.07, 6.45) is 2.01.